The third kappa shape index (κ3) is 1.91. The van der Waals surface area contributed by atoms with Crippen molar-refractivity contribution in [2.45, 2.75) is 20.0 Å². The lowest BCUT2D eigenvalue weighted by Crippen LogP contribution is -2.07. The fourth-order valence-electron chi connectivity index (χ4n) is 1.03. The second-order valence-electron chi connectivity index (χ2n) is 3.03. The topological polar surface area (TPSA) is 71.1 Å². The number of nitriles is 1. The largest absolute Gasteiger partial charge is 0.486 e. The number of nitrogen functional groups attached to an aromatic ring is 1. The van der Waals surface area contributed by atoms with Gasteiger partial charge in [0.05, 0.1) is 6.10 Å². The van der Waals surface area contributed by atoms with Crippen LogP contribution in [-0.2, 0) is 0 Å². The molecule has 0 radical (unpaired) electrons. The Kier molecular flexibility index (Phi) is 3.20. The van der Waals surface area contributed by atoms with Crippen LogP contribution in [0.5, 0.6) is 5.75 Å². The van der Waals surface area contributed by atoms with Gasteiger partial charge in [-0.05, 0) is 13.8 Å². The van der Waals surface area contributed by atoms with Gasteiger partial charge in [0.2, 0.25) is 0 Å². The van der Waals surface area contributed by atoms with E-state index in [0.29, 0.717) is 16.3 Å². The Balaban J connectivity index is 3.12. The molecule has 1 aromatic rings. The van der Waals surface area contributed by atoms with E-state index >= 15 is 0 Å². The summed E-state index contributed by atoms with van der Waals surface area (Å²) in [4.78, 5) is 0.491. The van der Waals surface area contributed by atoms with E-state index in [1.807, 2.05) is 19.9 Å². The molecule has 1 rings (SSSR count). The summed E-state index contributed by atoms with van der Waals surface area (Å²) < 4.78 is 5.52. The van der Waals surface area contributed by atoms with Gasteiger partial charge in [0.15, 0.2) is 5.75 Å². The van der Waals surface area contributed by atoms with Crippen LogP contribution >= 0.6 is 11.3 Å². The van der Waals surface area contributed by atoms with Gasteiger partial charge in [-0.3, -0.25) is 0 Å². The number of thiophene rings is 1. The number of rotatable bonds is 3. The summed E-state index contributed by atoms with van der Waals surface area (Å²) in [5.41, 5.74) is 6.19. The Morgan fingerprint density at radius 1 is 1.57 bits per heavy atom. The molecule has 0 fully saturated rings. The maximum absolute atomic E-state index is 8.78. The van der Waals surface area contributed by atoms with Crippen LogP contribution in [0.15, 0.2) is 0 Å². The molecule has 0 bridgehead atoms. The van der Waals surface area contributed by atoms with Gasteiger partial charge in [0.1, 0.15) is 21.6 Å². The monoisotopic (exact) mass is 211 g/mol. The molecule has 0 atom stereocenters. The summed E-state index contributed by atoms with van der Waals surface area (Å²) >= 11 is 1.31. The van der Waals surface area contributed by atoms with Crippen LogP contribution in [0.2, 0.25) is 0 Å². The molecule has 5 heteroatoms. The van der Waals surface area contributed by atoms with Crippen molar-refractivity contribution in [3.63, 3.8) is 0 Å². The number of hydrogen-bond acceptors (Lipinski definition) is 5. The van der Waals surface area contributed by atoms with Gasteiger partial charge in [-0.2, -0.15) is 5.26 Å². The fraction of sp³-hybridized carbons (Fsp3) is 0.444. The highest BCUT2D eigenvalue weighted by Gasteiger charge is 2.17. The zero-order chi connectivity index (χ0) is 10.7. The standard InChI is InChI=1S/C9H13N3OS/c1-5(2)13-8-7(11)6(4-10)14-9(8)12-3/h5,12H,11H2,1-3H3. The van der Waals surface area contributed by atoms with Crippen molar-refractivity contribution in [1.82, 2.24) is 0 Å². The number of nitrogens with two attached hydrogens (primary N) is 1. The normalized spacial score (nSPS) is 9.93. The molecule has 0 saturated heterocycles. The summed E-state index contributed by atoms with van der Waals surface area (Å²) in [7, 11) is 1.78. The van der Waals surface area contributed by atoms with Crippen molar-refractivity contribution in [1.29, 1.82) is 5.26 Å². The predicted octanol–water partition coefficient (Wildman–Crippen LogP) is 2.03. The first-order valence-corrected chi connectivity index (χ1v) is 5.08. The van der Waals surface area contributed by atoms with E-state index in [-0.39, 0.29) is 6.10 Å². The van der Waals surface area contributed by atoms with Crippen molar-refractivity contribution in [2.75, 3.05) is 18.1 Å². The number of nitrogens with zero attached hydrogens (tertiary/aromatic N) is 1. The van der Waals surface area contributed by atoms with Crippen LogP contribution < -0.4 is 15.8 Å². The molecule has 0 amide bonds. The fourth-order valence-corrected chi connectivity index (χ4v) is 1.83. The summed E-state index contributed by atoms with van der Waals surface area (Å²) in [6.45, 7) is 3.84. The van der Waals surface area contributed by atoms with Crippen molar-refractivity contribution in [2.24, 2.45) is 0 Å². The van der Waals surface area contributed by atoms with E-state index in [9.17, 15) is 0 Å². The van der Waals surface area contributed by atoms with Gasteiger partial charge in [0, 0.05) is 7.05 Å². The van der Waals surface area contributed by atoms with Crippen LogP contribution in [0.25, 0.3) is 0 Å². The zero-order valence-corrected chi connectivity index (χ0v) is 9.23. The number of nitrogens with one attached hydrogen (secondary N) is 1. The maximum atomic E-state index is 8.78. The van der Waals surface area contributed by atoms with Crippen LogP contribution in [0.3, 0.4) is 0 Å². The Morgan fingerprint density at radius 2 is 2.21 bits per heavy atom. The van der Waals surface area contributed by atoms with E-state index in [2.05, 4.69) is 5.32 Å². The van der Waals surface area contributed by atoms with Gasteiger partial charge in [0.25, 0.3) is 0 Å². The van der Waals surface area contributed by atoms with E-state index in [1.165, 1.54) is 11.3 Å². The SMILES string of the molecule is CNc1sc(C#N)c(N)c1OC(C)C. The van der Waals surface area contributed by atoms with E-state index in [0.717, 1.165) is 5.00 Å². The molecule has 0 aliphatic rings. The van der Waals surface area contributed by atoms with Crippen LogP contribution in [0.1, 0.15) is 18.7 Å². The Hall–Kier alpha value is -1.41. The first-order chi connectivity index (χ1) is 6.60. The molecule has 3 N–H and O–H groups in total. The van der Waals surface area contributed by atoms with Gasteiger partial charge in [-0.25, -0.2) is 0 Å². The van der Waals surface area contributed by atoms with Crippen molar-refractivity contribution in [3.05, 3.63) is 4.88 Å². The third-order valence-corrected chi connectivity index (χ3v) is 2.69. The molecule has 0 saturated carbocycles. The third-order valence-electron chi connectivity index (χ3n) is 1.58. The average Bonchev–Trinajstić information content (AvgIpc) is 2.43. The highest BCUT2D eigenvalue weighted by atomic mass is 32.1. The van der Waals surface area contributed by atoms with Crippen molar-refractivity contribution < 1.29 is 4.74 Å². The molecule has 0 spiro atoms. The van der Waals surface area contributed by atoms with Crippen molar-refractivity contribution in [3.8, 4) is 11.8 Å². The van der Waals surface area contributed by atoms with Crippen molar-refractivity contribution >= 4 is 22.0 Å². The Bertz CT molecular complexity index is 365. The highest BCUT2D eigenvalue weighted by Crippen LogP contribution is 2.42. The number of ether oxygens (including phenoxy) is 1. The zero-order valence-electron chi connectivity index (χ0n) is 8.42. The molecule has 1 aromatic heterocycles. The van der Waals surface area contributed by atoms with Crippen LogP contribution in [0, 0.1) is 11.3 Å². The molecule has 76 valence electrons. The molecule has 0 unspecified atom stereocenters. The Labute approximate surface area is 87.3 Å². The summed E-state index contributed by atoms with van der Waals surface area (Å²) in [5.74, 6) is 0.587. The minimum Gasteiger partial charge on any atom is -0.486 e. The first-order valence-electron chi connectivity index (χ1n) is 4.27. The predicted molar refractivity (Wildman–Crippen MR) is 58.8 cm³/mol. The second-order valence-corrected chi connectivity index (χ2v) is 4.05. The van der Waals surface area contributed by atoms with Gasteiger partial charge in [-0.1, -0.05) is 0 Å². The van der Waals surface area contributed by atoms with Gasteiger partial charge < -0.3 is 15.8 Å². The summed E-state index contributed by atoms with van der Waals surface area (Å²) in [5, 5.41) is 12.5. The lowest BCUT2D eigenvalue weighted by molar-refractivity contribution is 0.246. The minimum absolute atomic E-state index is 0.0468. The van der Waals surface area contributed by atoms with Crippen LogP contribution in [0.4, 0.5) is 10.7 Å². The average molecular weight is 211 g/mol. The maximum Gasteiger partial charge on any atom is 0.178 e. The van der Waals surface area contributed by atoms with Gasteiger partial charge >= 0.3 is 0 Å². The van der Waals surface area contributed by atoms with Gasteiger partial charge in [-0.15, -0.1) is 11.3 Å². The quantitative estimate of drug-likeness (QED) is 0.802. The van der Waals surface area contributed by atoms with E-state index in [4.69, 9.17) is 15.7 Å². The Morgan fingerprint density at radius 3 is 2.64 bits per heavy atom. The molecule has 4 nitrogen and oxygen atoms in total. The first kappa shape index (κ1) is 10.7. The summed E-state index contributed by atoms with van der Waals surface area (Å²) in [6.07, 6.45) is 0.0468. The molecule has 0 aromatic carbocycles. The highest BCUT2D eigenvalue weighted by molar-refractivity contribution is 7.17. The lowest BCUT2D eigenvalue weighted by atomic mass is 10.3. The minimum atomic E-state index is 0.0468. The lowest BCUT2D eigenvalue weighted by Gasteiger charge is -2.10. The van der Waals surface area contributed by atoms with E-state index < -0.39 is 0 Å². The summed E-state index contributed by atoms with van der Waals surface area (Å²) in [6, 6.07) is 2.04. The number of hydrogen-bond donors (Lipinski definition) is 2. The molecule has 0 aliphatic heterocycles. The second kappa shape index (κ2) is 4.20. The molecule has 14 heavy (non-hydrogen) atoms. The molecular formula is C9H13N3OS. The number of anilines is 2. The smallest absolute Gasteiger partial charge is 0.178 e. The molecule has 0 aliphatic carbocycles. The molecular weight excluding hydrogens is 198 g/mol. The van der Waals surface area contributed by atoms with Crippen LogP contribution in [-0.4, -0.2) is 13.2 Å². The van der Waals surface area contributed by atoms with E-state index in [1.54, 1.807) is 7.05 Å². The molecule has 1 heterocycles.